The van der Waals surface area contributed by atoms with Gasteiger partial charge in [-0.3, -0.25) is 9.78 Å². The van der Waals surface area contributed by atoms with E-state index in [4.69, 9.17) is 0 Å². The maximum Gasteiger partial charge on any atom is 0.308 e. The molecule has 0 spiro atoms. The third-order valence-electron chi connectivity index (χ3n) is 3.98. The summed E-state index contributed by atoms with van der Waals surface area (Å²) in [5.41, 5.74) is 2.04. The van der Waals surface area contributed by atoms with Crippen LogP contribution in [0.1, 0.15) is 13.3 Å². The molecule has 1 fully saturated rings. The number of benzene rings is 1. The Labute approximate surface area is 118 Å². The SMILES string of the molecule is CC1CC(C(=O)O)CN(c2ccnc3ccccc23)C1. The average molecular weight is 270 g/mol. The number of pyridine rings is 1. The smallest absolute Gasteiger partial charge is 0.308 e. The van der Waals surface area contributed by atoms with Gasteiger partial charge in [-0.15, -0.1) is 0 Å². The van der Waals surface area contributed by atoms with Gasteiger partial charge in [0.2, 0.25) is 0 Å². The second kappa shape index (κ2) is 5.12. The maximum atomic E-state index is 11.3. The molecule has 2 atom stereocenters. The largest absolute Gasteiger partial charge is 0.481 e. The molecule has 104 valence electrons. The average Bonchev–Trinajstić information content (AvgIpc) is 2.46. The highest BCUT2D eigenvalue weighted by atomic mass is 16.4. The molecule has 2 heterocycles. The van der Waals surface area contributed by atoms with E-state index >= 15 is 0 Å². The molecule has 0 bridgehead atoms. The molecule has 1 aromatic carbocycles. The number of carboxylic acids is 1. The minimum atomic E-state index is -0.695. The molecule has 0 saturated carbocycles. The lowest BCUT2D eigenvalue weighted by Gasteiger charge is -2.36. The molecule has 1 N–H and O–H groups in total. The zero-order chi connectivity index (χ0) is 14.1. The van der Waals surface area contributed by atoms with Crippen LogP contribution in [0.5, 0.6) is 0 Å². The quantitative estimate of drug-likeness (QED) is 0.911. The highest BCUT2D eigenvalue weighted by molar-refractivity contribution is 5.91. The van der Waals surface area contributed by atoms with Gasteiger partial charge in [0.1, 0.15) is 0 Å². The van der Waals surface area contributed by atoms with Crippen molar-refractivity contribution in [2.45, 2.75) is 13.3 Å². The molecule has 4 heteroatoms. The lowest BCUT2D eigenvalue weighted by molar-refractivity contribution is -0.142. The van der Waals surface area contributed by atoms with Gasteiger partial charge in [0.15, 0.2) is 0 Å². The molecule has 3 rings (SSSR count). The number of nitrogens with zero attached hydrogens (tertiary/aromatic N) is 2. The fourth-order valence-electron chi connectivity index (χ4n) is 3.08. The van der Waals surface area contributed by atoms with Crippen LogP contribution in [0.3, 0.4) is 0 Å². The van der Waals surface area contributed by atoms with Gasteiger partial charge >= 0.3 is 5.97 Å². The van der Waals surface area contributed by atoms with Gasteiger partial charge in [0, 0.05) is 30.4 Å². The number of rotatable bonds is 2. The predicted octanol–water partition coefficient (Wildman–Crippen LogP) is 2.78. The van der Waals surface area contributed by atoms with E-state index in [0.717, 1.165) is 29.6 Å². The van der Waals surface area contributed by atoms with Crippen molar-refractivity contribution in [1.29, 1.82) is 0 Å². The molecule has 0 aliphatic carbocycles. The first-order valence-corrected chi connectivity index (χ1v) is 6.96. The number of hydrogen-bond donors (Lipinski definition) is 1. The van der Waals surface area contributed by atoms with E-state index in [2.05, 4.69) is 16.8 Å². The fourth-order valence-corrected chi connectivity index (χ4v) is 3.08. The Balaban J connectivity index is 1.99. The van der Waals surface area contributed by atoms with E-state index in [1.165, 1.54) is 0 Å². The van der Waals surface area contributed by atoms with E-state index < -0.39 is 5.97 Å². The van der Waals surface area contributed by atoms with E-state index in [0.29, 0.717) is 12.5 Å². The highest BCUT2D eigenvalue weighted by Crippen LogP contribution is 2.31. The van der Waals surface area contributed by atoms with Crippen molar-refractivity contribution in [3.63, 3.8) is 0 Å². The van der Waals surface area contributed by atoms with Gasteiger partial charge in [-0.05, 0) is 24.5 Å². The van der Waals surface area contributed by atoms with E-state index in [-0.39, 0.29) is 5.92 Å². The summed E-state index contributed by atoms with van der Waals surface area (Å²) >= 11 is 0. The van der Waals surface area contributed by atoms with Gasteiger partial charge in [-0.1, -0.05) is 25.1 Å². The molecular formula is C16H18N2O2. The van der Waals surface area contributed by atoms with Crippen LogP contribution in [0.2, 0.25) is 0 Å². The van der Waals surface area contributed by atoms with E-state index in [1.807, 2.05) is 30.3 Å². The van der Waals surface area contributed by atoms with Crippen LogP contribution in [0.4, 0.5) is 5.69 Å². The number of fused-ring (bicyclic) bond motifs is 1. The Bertz CT molecular complexity index is 636. The maximum absolute atomic E-state index is 11.3. The molecule has 1 aliphatic rings. The number of carboxylic acid groups (broad SMARTS) is 1. The van der Waals surface area contributed by atoms with Crippen molar-refractivity contribution < 1.29 is 9.90 Å². The first-order chi connectivity index (χ1) is 9.65. The Morgan fingerprint density at radius 1 is 1.30 bits per heavy atom. The lowest BCUT2D eigenvalue weighted by atomic mass is 9.90. The molecule has 0 amide bonds. The zero-order valence-corrected chi connectivity index (χ0v) is 11.5. The summed E-state index contributed by atoms with van der Waals surface area (Å²) in [4.78, 5) is 17.9. The van der Waals surface area contributed by atoms with Crippen molar-refractivity contribution >= 4 is 22.6 Å². The van der Waals surface area contributed by atoms with Crippen LogP contribution >= 0.6 is 0 Å². The standard InChI is InChI=1S/C16H18N2O2/c1-11-8-12(16(19)20)10-18(9-11)15-6-7-17-14-5-3-2-4-13(14)15/h2-7,11-12H,8-10H2,1H3,(H,19,20). The van der Waals surface area contributed by atoms with E-state index in [1.54, 1.807) is 6.20 Å². The normalized spacial score (nSPS) is 22.9. The van der Waals surface area contributed by atoms with Gasteiger partial charge in [0.25, 0.3) is 0 Å². The number of para-hydroxylation sites is 1. The van der Waals surface area contributed by atoms with Crippen LogP contribution in [-0.2, 0) is 4.79 Å². The van der Waals surface area contributed by atoms with Crippen LogP contribution in [0.15, 0.2) is 36.5 Å². The molecule has 20 heavy (non-hydrogen) atoms. The molecule has 2 aromatic rings. The molecule has 4 nitrogen and oxygen atoms in total. The number of anilines is 1. The van der Waals surface area contributed by atoms with Crippen molar-refractivity contribution in [2.75, 3.05) is 18.0 Å². The summed E-state index contributed by atoms with van der Waals surface area (Å²) in [5.74, 6) is -0.595. The van der Waals surface area contributed by atoms with Crippen molar-refractivity contribution in [2.24, 2.45) is 11.8 Å². The molecule has 0 radical (unpaired) electrons. The number of piperidine rings is 1. The lowest BCUT2D eigenvalue weighted by Crippen LogP contribution is -2.42. The second-order valence-electron chi connectivity index (χ2n) is 5.63. The first-order valence-electron chi connectivity index (χ1n) is 6.96. The Kier molecular flexibility index (Phi) is 3.30. The van der Waals surface area contributed by atoms with Crippen molar-refractivity contribution in [3.8, 4) is 0 Å². The zero-order valence-electron chi connectivity index (χ0n) is 11.5. The monoisotopic (exact) mass is 270 g/mol. The van der Waals surface area contributed by atoms with Crippen LogP contribution in [0.25, 0.3) is 10.9 Å². The number of hydrogen-bond acceptors (Lipinski definition) is 3. The summed E-state index contributed by atoms with van der Waals surface area (Å²) in [6.07, 6.45) is 2.56. The van der Waals surface area contributed by atoms with Crippen molar-refractivity contribution in [3.05, 3.63) is 36.5 Å². The second-order valence-corrected chi connectivity index (χ2v) is 5.63. The number of aromatic nitrogens is 1. The minimum absolute atomic E-state index is 0.286. The molecule has 2 unspecified atom stereocenters. The highest BCUT2D eigenvalue weighted by Gasteiger charge is 2.30. The molecule has 1 aromatic heterocycles. The minimum Gasteiger partial charge on any atom is -0.481 e. The third kappa shape index (κ3) is 2.33. The summed E-state index contributed by atoms with van der Waals surface area (Å²) in [7, 11) is 0. The van der Waals surface area contributed by atoms with Crippen molar-refractivity contribution in [1.82, 2.24) is 4.98 Å². The molecular weight excluding hydrogens is 252 g/mol. The first kappa shape index (κ1) is 12.9. The van der Waals surface area contributed by atoms with Gasteiger partial charge in [0.05, 0.1) is 11.4 Å². The summed E-state index contributed by atoms with van der Waals surface area (Å²) < 4.78 is 0. The topological polar surface area (TPSA) is 53.4 Å². The van der Waals surface area contributed by atoms with Crippen LogP contribution in [-0.4, -0.2) is 29.1 Å². The van der Waals surface area contributed by atoms with E-state index in [9.17, 15) is 9.90 Å². The Morgan fingerprint density at radius 3 is 2.90 bits per heavy atom. The van der Waals surface area contributed by atoms with Gasteiger partial charge in [-0.25, -0.2) is 0 Å². The Hall–Kier alpha value is -2.10. The third-order valence-corrected chi connectivity index (χ3v) is 3.98. The van der Waals surface area contributed by atoms with Gasteiger partial charge < -0.3 is 10.0 Å². The summed E-state index contributed by atoms with van der Waals surface area (Å²) in [5, 5.41) is 10.4. The molecule has 1 saturated heterocycles. The number of carbonyl (C=O) groups is 1. The van der Waals surface area contributed by atoms with Gasteiger partial charge in [-0.2, -0.15) is 0 Å². The Morgan fingerprint density at radius 2 is 2.10 bits per heavy atom. The number of aliphatic carboxylic acids is 1. The van der Waals surface area contributed by atoms with Crippen LogP contribution in [0, 0.1) is 11.8 Å². The van der Waals surface area contributed by atoms with Crippen LogP contribution < -0.4 is 4.90 Å². The predicted molar refractivity (Wildman–Crippen MR) is 78.9 cm³/mol. The summed E-state index contributed by atoms with van der Waals surface area (Å²) in [6.45, 7) is 3.59. The fraction of sp³-hybridized carbons (Fsp3) is 0.375. The summed E-state index contributed by atoms with van der Waals surface area (Å²) in [6, 6.07) is 9.99. The molecule has 1 aliphatic heterocycles.